The van der Waals surface area contributed by atoms with Gasteiger partial charge in [0.1, 0.15) is 5.82 Å². The van der Waals surface area contributed by atoms with Crippen LogP contribution in [0.3, 0.4) is 0 Å². The molecule has 1 aromatic rings. The van der Waals surface area contributed by atoms with Gasteiger partial charge in [0.15, 0.2) is 0 Å². The molecule has 0 spiro atoms. The van der Waals surface area contributed by atoms with Gasteiger partial charge in [-0.25, -0.2) is 4.98 Å². The summed E-state index contributed by atoms with van der Waals surface area (Å²) in [6, 6.07) is 0.789. The largest absolute Gasteiger partial charge is 0.346 e. The topological polar surface area (TPSA) is 66.7 Å². The van der Waals surface area contributed by atoms with Crippen molar-refractivity contribution in [2.75, 3.05) is 6.54 Å². The average Bonchev–Trinajstić information content (AvgIpc) is 2.52. The van der Waals surface area contributed by atoms with E-state index in [1.165, 1.54) is 11.4 Å². The molecule has 4 unspecified atom stereocenters. The van der Waals surface area contributed by atoms with Crippen LogP contribution in [0, 0.1) is 25.7 Å². The SMILES string of the molecule is Cc1nc(C2NCC3C(N)C23)c(C)[nH]1. The van der Waals surface area contributed by atoms with Crippen LogP contribution in [0.25, 0.3) is 0 Å². The molecule has 1 aliphatic heterocycles. The third kappa shape index (κ3) is 0.980. The fourth-order valence-electron chi connectivity index (χ4n) is 2.78. The molecule has 4 N–H and O–H groups in total. The first kappa shape index (κ1) is 8.44. The number of rotatable bonds is 1. The molecule has 4 atom stereocenters. The average molecular weight is 192 g/mol. The van der Waals surface area contributed by atoms with Crippen LogP contribution in [0.2, 0.25) is 0 Å². The molecule has 3 rings (SSSR count). The summed E-state index contributed by atoms with van der Waals surface area (Å²) >= 11 is 0. The molecular formula is C10H16N4. The Kier molecular flexibility index (Phi) is 1.56. The van der Waals surface area contributed by atoms with E-state index in [4.69, 9.17) is 5.73 Å². The molecule has 76 valence electrons. The number of hydrogen-bond donors (Lipinski definition) is 3. The number of nitrogens with two attached hydrogens (primary N) is 1. The van der Waals surface area contributed by atoms with E-state index in [-0.39, 0.29) is 0 Å². The second-order valence-electron chi connectivity index (χ2n) is 4.54. The Morgan fingerprint density at radius 1 is 1.43 bits per heavy atom. The van der Waals surface area contributed by atoms with Crippen LogP contribution in [0.15, 0.2) is 0 Å². The van der Waals surface area contributed by atoms with Gasteiger partial charge in [0.2, 0.25) is 0 Å². The molecule has 1 saturated carbocycles. The molecule has 0 aromatic carbocycles. The monoisotopic (exact) mass is 192 g/mol. The van der Waals surface area contributed by atoms with Crippen molar-refractivity contribution in [3.8, 4) is 0 Å². The molecule has 0 bridgehead atoms. The van der Waals surface area contributed by atoms with Gasteiger partial charge in [-0.3, -0.25) is 0 Å². The smallest absolute Gasteiger partial charge is 0.103 e. The molecule has 4 nitrogen and oxygen atoms in total. The lowest BCUT2D eigenvalue weighted by atomic mass is 10.1. The Labute approximate surface area is 83.3 Å². The molecule has 2 aliphatic rings. The first-order valence-electron chi connectivity index (χ1n) is 5.20. The van der Waals surface area contributed by atoms with E-state index >= 15 is 0 Å². The molecule has 1 aliphatic carbocycles. The lowest BCUT2D eigenvalue weighted by Crippen LogP contribution is -2.26. The summed E-state index contributed by atoms with van der Waals surface area (Å²) in [7, 11) is 0. The Morgan fingerprint density at radius 2 is 2.21 bits per heavy atom. The van der Waals surface area contributed by atoms with E-state index in [0.717, 1.165) is 12.4 Å². The van der Waals surface area contributed by atoms with Crippen molar-refractivity contribution in [3.05, 3.63) is 17.2 Å². The van der Waals surface area contributed by atoms with Crippen LogP contribution < -0.4 is 11.1 Å². The van der Waals surface area contributed by atoms with Crippen molar-refractivity contribution in [3.63, 3.8) is 0 Å². The zero-order valence-corrected chi connectivity index (χ0v) is 8.54. The van der Waals surface area contributed by atoms with Gasteiger partial charge in [-0.05, 0) is 19.8 Å². The predicted octanol–water partition coefficient (Wildman–Crippen LogP) is 0.244. The molecule has 0 amide bonds. The van der Waals surface area contributed by atoms with Crippen LogP contribution in [-0.4, -0.2) is 22.6 Å². The number of nitrogens with zero attached hydrogens (tertiary/aromatic N) is 1. The highest BCUT2D eigenvalue weighted by atomic mass is 15.1. The van der Waals surface area contributed by atoms with Crippen molar-refractivity contribution >= 4 is 0 Å². The van der Waals surface area contributed by atoms with Gasteiger partial charge in [-0.15, -0.1) is 0 Å². The van der Waals surface area contributed by atoms with Crippen LogP contribution >= 0.6 is 0 Å². The minimum absolute atomic E-state index is 0.389. The summed E-state index contributed by atoms with van der Waals surface area (Å²) in [5.74, 6) is 2.31. The van der Waals surface area contributed by atoms with Gasteiger partial charge in [0.05, 0.1) is 11.7 Å². The van der Waals surface area contributed by atoms with Crippen molar-refractivity contribution in [2.24, 2.45) is 17.6 Å². The minimum atomic E-state index is 0.389. The lowest BCUT2D eigenvalue weighted by molar-refractivity contribution is 0.523. The number of piperidine rings is 1. The van der Waals surface area contributed by atoms with E-state index in [9.17, 15) is 0 Å². The first-order valence-corrected chi connectivity index (χ1v) is 5.20. The maximum absolute atomic E-state index is 5.98. The zero-order valence-electron chi connectivity index (χ0n) is 8.54. The number of aromatic amines is 1. The zero-order chi connectivity index (χ0) is 9.87. The summed E-state index contributed by atoms with van der Waals surface area (Å²) in [6.45, 7) is 5.13. The van der Waals surface area contributed by atoms with Gasteiger partial charge in [-0.2, -0.15) is 0 Å². The molecular weight excluding hydrogens is 176 g/mol. The number of aryl methyl sites for hydroxylation is 2. The summed E-state index contributed by atoms with van der Waals surface area (Å²) < 4.78 is 0. The quantitative estimate of drug-likeness (QED) is 0.597. The van der Waals surface area contributed by atoms with Gasteiger partial charge >= 0.3 is 0 Å². The van der Waals surface area contributed by atoms with Crippen LogP contribution in [0.4, 0.5) is 0 Å². The Bertz CT molecular complexity index is 370. The fraction of sp³-hybridized carbons (Fsp3) is 0.700. The fourth-order valence-corrected chi connectivity index (χ4v) is 2.78. The molecule has 2 fully saturated rings. The second kappa shape index (κ2) is 2.58. The Morgan fingerprint density at radius 3 is 2.71 bits per heavy atom. The molecule has 14 heavy (non-hydrogen) atoms. The van der Waals surface area contributed by atoms with E-state index in [1.54, 1.807) is 0 Å². The lowest BCUT2D eigenvalue weighted by Gasteiger charge is -2.12. The third-order valence-corrected chi connectivity index (χ3v) is 3.59. The summed E-state index contributed by atoms with van der Waals surface area (Å²) in [4.78, 5) is 7.78. The van der Waals surface area contributed by atoms with Crippen molar-refractivity contribution < 1.29 is 0 Å². The molecule has 1 aromatic heterocycles. The highest BCUT2D eigenvalue weighted by Crippen LogP contribution is 2.50. The van der Waals surface area contributed by atoms with Gasteiger partial charge in [0.25, 0.3) is 0 Å². The maximum Gasteiger partial charge on any atom is 0.103 e. The van der Waals surface area contributed by atoms with Crippen LogP contribution in [0.5, 0.6) is 0 Å². The molecule has 4 heteroatoms. The first-order chi connectivity index (χ1) is 6.68. The second-order valence-corrected chi connectivity index (χ2v) is 4.54. The number of imidazole rings is 1. The minimum Gasteiger partial charge on any atom is -0.346 e. The molecule has 2 heterocycles. The van der Waals surface area contributed by atoms with E-state index in [2.05, 4.69) is 22.2 Å². The van der Waals surface area contributed by atoms with E-state index in [0.29, 0.717) is 23.9 Å². The number of fused-ring (bicyclic) bond motifs is 1. The van der Waals surface area contributed by atoms with Gasteiger partial charge in [-0.1, -0.05) is 0 Å². The van der Waals surface area contributed by atoms with Crippen molar-refractivity contribution in [1.82, 2.24) is 15.3 Å². The number of nitrogens with one attached hydrogen (secondary N) is 2. The van der Waals surface area contributed by atoms with Crippen LogP contribution in [-0.2, 0) is 0 Å². The summed E-state index contributed by atoms with van der Waals surface area (Å²) in [6.07, 6.45) is 0. The normalized spacial score (nSPS) is 39.9. The molecule has 0 radical (unpaired) electrons. The molecule has 1 saturated heterocycles. The Balaban J connectivity index is 1.92. The van der Waals surface area contributed by atoms with E-state index < -0.39 is 0 Å². The van der Waals surface area contributed by atoms with Crippen molar-refractivity contribution in [2.45, 2.75) is 25.9 Å². The highest BCUT2D eigenvalue weighted by Gasteiger charge is 2.57. The third-order valence-electron chi connectivity index (χ3n) is 3.59. The summed E-state index contributed by atoms with van der Waals surface area (Å²) in [5, 5.41) is 3.49. The number of hydrogen-bond acceptors (Lipinski definition) is 3. The van der Waals surface area contributed by atoms with Gasteiger partial charge < -0.3 is 16.0 Å². The summed E-state index contributed by atoms with van der Waals surface area (Å²) in [5.41, 5.74) is 8.33. The van der Waals surface area contributed by atoms with E-state index in [1.807, 2.05) is 6.92 Å². The predicted molar refractivity (Wildman–Crippen MR) is 53.8 cm³/mol. The Hall–Kier alpha value is -0.870. The number of H-pyrrole nitrogens is 1. The van der Waals surface area contributed by atoms with Crippen LogP contribution in [0.1, 0.15) is 23.3 Å². The van der Waals surface area contributed by atoms with Crippen molar-refractivity contribution in [1.29, 1.82) is 0 Å². The standard InChI is InChI=1S/C10H16N4/c1-4-9(14-5(2)13-4)10-7-6(3-12-10)8(7)11/h6-8,10,12H,3,11H2,1-2H3,(H,13,14). The highest BCUT2D eigenvalue weighted by molar-refractivity contribution is 5.25. The van der Waals surface area contributed by atoms with Gasteiger partial charge in [0, 0.05) is 24.2 Å². The number of aromatic nitrogens is 2. The maximum atomic E-state index is 5.98.